The number of rotatable bonds is 2. The number of primary sulfonamides is 1. The maximum Gasteiger partial charge on any atom is 0.395 e. The van der Waals surface area contributed by atoms with Gasteiger partial charge in [-0.1, -0.05) is 12.8 Å². The molecule has 3 nitrogen and oxygen atoms in total. The Morgan fingerprint density at radius 2 is 1.64 bits per heavy atom. The lowest BCUT2D eigenvalue weighted by atomic mass is 9.88. The molecule has 0 aromatic heterocycles. The van der Waals surface area contributed by atoms with Crippen LogP contribution in [0.15, 0.2) is 0 Å². The van der Waals surface area contributed by atoms with Gasteiger partial charge in [0.15, 0.2) is 0 Å². The lowest BCUT2D eigenvalue weighted by molar-refractivity contribution is -0.213. The molecule has 0 atom stereocenters. The van der Waals surface area contributed by atoms with Crippen molar-refractivity contribution in [2.75, 3.05) is 5.75 Å². The molecule has 1 aliphatic carbocycles. The second-order valence-electron chi connectivity index (χ2n) is 3.79. The van der Waals surface area contributed by atoms with Crippen molar-refractivity contribution >= 4 is 10.0 Å². The number of alkyl halides is 3. The molecule has 0 bridgehead atoms. The van der Waals surface area contributed by atoms with E-state index in [1.54, 1.807) is 0 Å². The molecule has 0 saturated heterocycles. The van der Waals surface area contributed by atoms with Crippen molar-refractivity contribution in [2.45, 2.75) is 31.9 Å². The standard InChI is InChI=1S/C7H12F3NO2S/c8-7(9,10)6(3-1-2-4-6)5-14(11,12)13/h1-5H2,(H2,11,12,13). The summed E-state index contributed by atoms with van der Waals surface area (Å²) >= 11 is 0. The molecule has 0 unspecified atom stereocenters. The van der Waals surface area contributed by atoms with Crippen molar-refractivity contribution in [3.63, 3.8) is 0 Å². The predicted octanol–water partition coefficient (Wildman–Crippen LogP) is 1.40. The fraction of sp³-hybridized carbons (Fsp3) is 1.00. The van der Waals surface area contributed by atoms with E-state index in [0.29, 0.717) is 12.8 Å². The van der Waals surface area contributed by atoms with Crippen LogP contribution in [0, 0.1) is 5.41 Å². The van der Waals surface area contributed by atoms with Gasteiger partial charge in [0.05, 0.1) is 11.2 Å². The van der Waals surface area contributed by atoms with E-state index in [0.717, 1.165) is 0 Å². The highest BCUT2D eigenvalue weighted by atomic mass is 32.2. The van der Waals surface area contributed by atoms with Crippen molar-refractivity contribution in [1.29, 1.82) is 0 Å². The molecule has 84 valence electrons. The lowest BCUT2D eigenvalue weighted by Crippen LogP contribution is -2.43. The van der Waals surface area contributed by atoms with E-state index in [1.165, 1.54) is 0 Å². The van der Waals surface area contributed by atoms with E-state index in [1.807, 2.05) is 0 Å². The van der Waals surface area contributed by atoms with Gasteiger partial charge in [0.25, 0.3) is 0 Å². The van der Waals surface area contributed by atoms with E-state index >= 15 is 0 Å². The summed E-state index contributed by atoms with van der Waals surface area (Å²) in [5, 5.41) is 4.67. The van der Waals surface area contributed by atoms with Crippen molar-refractivity contribution in [3.8, 4) is 0 Å². The van der Waals surface area contributed by atoms with Crippen molar-refractivity contribution < 1.29 is 21.6 Å². The Labute approximate surface area is 80.5 Å². The van der Waals surface area contributed by atoms with Crippen LogP contribution in [0.1, 0.15) is 25.7 Å². The molecule has 2 N–H and O–H groups in total. The van der Waals surface area contributed by atoms with Crippen LogP contribution < -0.4 is 5.14 Å². The van der Waals surface area contributed by atoms with E-state index in [9.17, 15) is 21.6 Å². The monoisotopic (exact) mass is 231 g/mol. The van der Waals surface area contributed by atoms with E-state index in [-0.39, 0.29) is 12.8 Å². The number of sulfonamides is 1. The zero-order valence-electron chi connectivity index (χ0n) is 7.47. The summed E-state index contributed by atoms with van der Waals surface area (Å²) in [4.78, 5) is 0. The average Bonchev–Trinajstić information content (AvgIpc) is 2.31. The molecule has 14 heavy (non-hydrogen) atoms. The third-order valence-electron chi connectivity index (χ3n) is 2.64. The SMILES string of the molecule is NS(=O)(=O)CC1(C(F)(F)F)CCCC1. The molecule has 0 amide bonds. The van der Waals surface area contributed by atoms with Gasteiger partial charge in [-0.25, -0.2) is 13.6 Å². The van der Waals surface area contributed by atoms with Gasteiger partial charge in [-0.15, -0.1) is 0 Å². The Hall–Kier alpha value is -0.300. The second-order valence-corrected chi connectivity index (χ2v) is 5.41. The highest BCUT2D eigenvalue weighted by molar-refractivity contribution is 7.89. The molecular weight excluding hydrogens is 219 g/mol. The molecule has 1 aliphatic rings. The van der Waals surface area contributed by atoms with Gasteiger partial charge in [0.2, 0.25) is 10.0 Å². The minimum Gasteiger partial charge on any atom is -0.229 e. The van der Waals surface area contributed by atoms with Crippen LogP contribution in [0.4, 0.5) is 13.2 Å². The first-order valence-corrected chi connectivity index (χ1v) is 5.95. The fourth-order valence-electron chi connectivity index (χ4n) is 1.95. The summed E-state index contributed by atoms with van der Waals surface area (Å²) < 4.78 is 59.3. The molecule has 7 heteroatoms. The van der Waals surface area contributed by atoms with Crippen LogP contribution in [0.3, 0.4) is 0 Å². The van der Waals surface area contributed by atoms with Crippen LogP contribution in [-0.2, 0) is 10.0 Å². The molecule has 1 fully saturated rings. The molecule has 0 radical (unpaired) electrons. The first kappa shape index (κ1) is 11.8. The third kappa shape index (κ3) is 2.38. The normalized spacial score (nSPS) is 22.6. The molecule has 0 aromatic carbocycles. The average molecular weight is 231 g/mol. The topological polar surface area (TPSA) is 60.2 Å². The number of halogens is 3. The molecule has 0 aliphatic heterocycles. The maximum atomic E-state index is 12.6. The Morgan fingerprint density at radius 3 is 1.93 bits per heavy atom. The Kier molecular flexibility index (Phi) is 2.84. The van der Waals surface area contributed by atoms with Crippen molar-refractivity contribution in [1.82, 2.24) is 0 Å². The number of hydrogen-bond donors (Lipinski definition) is 1. The molecule has 1 rings (SSSR count). The van der Waals surface area contributed by atoms with E-state index in [2.05, 4.69) is 5.14 Å². The van der Waals surface area contributed by atoms with Gasteiger partial charge in [0.1, 0.15) is 0 Å². The zero-order chi connectivity index (χ0) is 11.0. The highest BCUT2D eigenvalue weighted by Crippen LogP contribution is 2.50. The highest BCUT2D eigenvalue weighted by Gasteiger charge is 2.57. The number of nitrogens with two attached hydrogens (primary N) is 1. The van der Waals surface area contributed by atoms with Crippen LogP contribution >= 0.6 is 0 Å². The summed E-state index contributed by atoms with van der Waals surface area (Å²) in [7, 11) is -4.07. The largest absolute Gasteiger partial charge is 0.395 e. The fourth-order valence-corrected chi connectivity index (χ4v) is 3.17. The summed E-state index contributed by atoms with van der Waals surface area (Å²) in [6, 6.07) is 0. The Morgan fingerprint density at radius 1 is 1.21 bits per heavy atom. The van der Waals surface area contributed by atoms with Crippen LogP contribution in [0.2, 0.25) is 0 Å². The van der Waals surface area contributed by atoms with Crippen LogP contribution in [-0.4, -0.2) is 20.3 Å². The van der Waals surface area contributed by atoms with Gasteiger partial charge >= 0.3 is 6.18 Å². The summed E-state index contributed by atoms with van der Waals surface area (Å²) in [6.07, 6.45) is -3.92. The first-order valence-electron chi connectivity index (χ1n) is 4.24. The number of hydrogen-bond acceptors (Lipinski definition) is 2. The van der Waals surface area contributed by atoms with Crippen molar-refractivity contribution in [2.24, 2.45) is 10.6 Å². The maximum absolute atomic E-state index is 12.6. The molecule has 0 spiro atoms. The van der Waals surface area contributed by atoms with Gasteiger partial charge in [-0.3, -0.25) is 0 Å². The first-order chi connectivity index (χ1) is 6.16. The smallest absolute Gasteiger partial charge is 0.229 e. The van der Waals surface area contributed by atoms with Gasteiger partial charge in [0, 0.05) is 0 Å². The molecule has 1 saturated carbocycles. The molecular formula is C7H12F3NO2S. The van der Waals surface area contributed by atoms with Crippen molar-refractivity contribution in [3.05, 3.63) is 0 Å². The van der Waals surface area contributed by atoms with Gasteiger partial charge in [-0.05, 0) is 12.8 Å². The molecule has 0 aromatic rings. The second kappa shape index (κ2) is 3.37. The summed E-state index contributed by atoms with van der Waals surface area (Å²) in [5.74, 6) is -0.983. The van der Waals surface area contributed by atoms with E-state index < -0.39 is 27.4 Å². The third-order valence-corrected chi connectivity index (χ3v) is 3.59. The minimum absolute atomic E-state index is 0.132. The predicted molar refractivity (Wildman–Crippen MR) is 44.9 cm³/mol. The van der Waals surface area contributed by atoms with E-state index in [4.69, 9.17) is 0 Å². The summed E-state index contributed by atoms with van der Waals surface area (Å²) in [5.41, 5.74) is -2.10. The van der Waals surface area contributed by atoms with Crippen LogP contribution in [0.25, 0.3) is 0 Å². The quantitative estimate of drug-likeness (QED) is 0.780. The van der Waals surface area contributed by atoms with Gasteiger partial charge < -0.3 is 0 Å². The Balaban J connectivity index is 2.95. The zero-order valence-corrected chi connectivity index (χ0v) is 8.29. The molecule has 0 heterocycles. The Bertz CT molecular complexity index is 303. The lowest BCUT2D eigenvalue weighted by Gasteiger charge is -2.30. The minimum atomic E-state index is -4.48. The van der Waals surface area contributed by atoms with Crippen LogP contribution in [0.5, 0.6) is 0 Å². The van der Waals surface area contributed by atoms with Gasteiger partial charge in [-0.2, -0.15) is 13.2 Å². The summed E-state index contributed by atoms with van der Waals surface area (Å²) in [6.45, 7) is 0.